The molecule has 0 unspecified atom stereocenters. The molecule has 2 aliphatic heterocycles. The number of ether oxygens (including phenoxy) is 3. The highest BCUT2D eigenvalue weighted by Gasteiger charge is 2.35. The van der Waals surface area contributed by atoms with Gasteiger partial charge in [0.25, 0.3) is 0 Å². The predicted molar refractivity (Wildman–Crippen MR) is 112 cm³/mol. The van der Waals surface area contributed by atoms with E-state index in [1.54, 1.807) is 0 Å². The molecule has 29 heavy (non-hydrogen) atoms. The Morgan fingerprint density at radius 1 is 1.03 bits per heavy atom. The largest absolute Gasteiger partial charge is 0.460 e. The highest BCUT2D eigenvalue weighted by Crippen LogP contribution is 2.28. The van der Waals surface area contributed by atoms with Crippen molar-refractivity contribution >= 4 is 12.4 Å². The van der Waals surface area contributed by atoms with E-state index in [1.807, 2.05) is 11.8 Å². The quantitative estimate of drug-likeness (QED) is 0.252. The predicted octanol–water partition coefficient (Wildman–Crippen LogP) is 4.59. The minimum atomic E-state index is -0.329. The van der Waals surface area contributed by atoms with E-state index in [-0.39, 0.29) is 29.9 Å². The van der Waals surface area contributed by atoms with Crippen LogP contribution in [-0.4, -0.2) is 54.5 Å². The first-order chi connectivity index (χ1) is 13.9. The van der Waals surface area contributed by atoms with Crippen LogP contribution in [-0.2, 0) is 23.8 Å². The second-order valence-electron chi connectivity index (χ2n) is 8.87. The van der Waals surface area contributed by atoms with Crippen LogP contribution < -0.4 is 0 Å². The Hall–Kier alpha value is -1.14. The van der Waals surface area contributed by atoms with E-state index in [9.17, 15) is 9.59 Å². The van der Waals surface area contributed by atoms with Crippen molar-refractivity contribution in [1.82, 2.24) is 4.90 Å². The van der Waals surface area contributed by atoms with Crippen molar-refractivity contribution in [2.45, 2.75) is 122 Å². The monoisotopic (exact) mass is 411 g/mol. The van der Waals surface area contributed by atoms with Gasteiger partial charge in [0.05, 0.1) is 19.3 Å². The SMILES string of the molecule is CC(=O)O[C@@H]1CC[C@H](CCCCCCCCCCC2(C)OCCO2)N(C=O)[C@@H]1C. The molecule has 0 spiro atoms. The number of unbranched alkanes of at least 4 members (excludes halogenated alkanes) is 7. The van der Waals surface area contributed by atoms with Crippen LogP contribution in [0.4, 0.5) is 0 Å². The molecule has 0 N–H and O–H groups in total. The van der Waals surface area contributed by atoms with E-state index in [4.69, 9.17) is 14.2 Å². The van der Waals surface area contributed by atoms with Gasteiger partial charge in [0, 0.05) is 19.4 Å². The van der Waals surface area contributed by atoms with Crippen molar-refractivity contribution in [3.63, 3.8) is 0 Å². The Balaban J connectivity index is 1.48. The summed E-state index contributed by atoms with van der Waals surface area (Å²) < 4.78 is 16.6. The average molecular weight is 412 g/mol. The zero-order valence-corrected chi connectivity index (χ0v) is 18.7. The number of esters is 1. The number of amides is 1. The van der Waals surface area contributed by atoms with Crippen LogP contribution in [0.25, 0.3) is 0 Å². The van der Waals surface area contributed by atoms with Gasteiger partial charge < -0.3 is 19.1 Å². The minimum Gasteiger partial charge on any atom is -0.460 e. The topological polar surface area (TPSA) is 65.1 Å². The lowest BCUT2D eigenvalue weighted by atomic mass is 9.91. The molecule has 2 aliphatic rings. The lowest BCUT2D eigenvalue weighted by Crippen LogP contribution is -2.52. The molecule has 2 heterocycles. The molecule has 168 valence electrons. The molecule has 0 aromatic carbocycles. The summed E-state index contributed by atoms with van der Waals surface area (Å²) in [6.07, 6.45) is 14.5. The fourth-order valence-electron chi connectivity index (χ4n) is 4.71. The molecule has 0 radical (unpaired) electrons. The van der Waals surface area contributed by atoms with Gasteiger partial charge in [-0.25, -0.2) is 0 Å². The van der Waals surface area contributed by atoms with Crippen LogP contribution in [0.1, 0.15) is 97.8 Å². The molecule has 6 heteroatoms. The molecule has 0 aliphatic carbocycles. The normalized spacial score (nSPS) is 26.4. The third-order valence-electron chi connectivity index (χ3n) is 6.47. The number of hydrogen-bond acceptors (Lipinski definition) is 5. The molecular formula is C23H41NO5. The summed E-state index contributed by atoms with van der Waals surface area (Å²) in [6, 6.07) is 0.258. The Morgan fingerprint density at radius 3 is 2.21 bits per heavy atom. The molecule has 1 amide bonds. The van der Waals surface area contributed by atoms with Gasteiger partial charge in [0.1, 0.15) is 6.10 Å². The van der Waals surface area contributed by atoms with Crippen molar-refractivity contribution in [3.05, 3.63) is 0 Å². The van der Waals surface area contributed by atoms with E-state index < -0.39 is 0 Å². The summed E-state index contributed by atoms with van der Waals surface area (Å²) >= 11 is 0. The lowest BCUT2D eigenvalue weighted by molar-refractivity contribution is -0.156. The maximum atomic E-state index is 11.5. The van der Waals surface area contributed by atoms with Gasteiger partial charge in [-0.1, -0.05) is 44.9 Å². The van der Waals surface area contributed by atoms with Crippen molar-refractivity contribution in [3.8, 4) is 0 Å². The second kappa shape index (κ2) is 12.5. The first kappa shape index (κ1) is 24.1. The van der Waals surface area contributed by atoms with Crippen LogP contribution in [0.15, 0.2) is 0 Å². The van der Waals surface area contributed by atoms with Gasteiger partial charge >= 0.3 is 5.97 Å². The average Bonchev–Trinajstić information content (AvgIpc) is 3.11. The van der Waals surface area contributed by atoms with Crippen LogP contribution in [0, 0.1) is 0 Å². The Morgan fingerprint density at radius 2 is 1.62 bits per heavy atom. The van der Waals surface area contributed by atoms with Gasteiger partial charge in [0.2, 0.25) is 6.41 Å². The zero-order chi connectivity index (χ0) is 21.1. The highest BCUT2D eigenvalue weighted by molar-refractivity contribution is 5.66. The van der Waals surface area contributed by atoms with E-state index in [0.29, 0.717) is 0 Å². The molecule has 0 saturated carbocycles. The fraction of sp³-hybridized carbons (Fsp3) is 0.913. The van der Waals surface area contributed by atoms with Gasteiger partial charge in [-0.05, 0) is 39.5 Å². The maximum Gasteiger partial charge on any atom is 0.302 e. The first-order valence-electron chi connectivity index (χ1n) is 11.6. The van der Waals surface area contributed by atoms with Crippen molar-refractivity contribution < 1.29 is 23.8 Å². The number of carbonyl (C=O) groups excluding carboxylic acids is 2. The second-order valence-corrected chi connectivity index (χ2v) is 8.87. The molecule has 0 aromatic heterocycles. The van der Waals surface area contributed by atoms with Crippen LogP contribution >= 0.6 is 0 Å². The maximum absolute atomic E-state index is 11.5. The molecule has 0 aromatic rings. The molecule has 2 fully saturated rings. The number of likely N-dealkylation sites (tertiary alicyclic amines) is 1. The molecular weight excluding hydrogens is 370 g/mol. The summed E-state index contributed by atoms with van der Waals surface area (Å²) in [5.41, 5.74) is 0. The van der Waals surface area contributed by atoms with E-state index in [0.717, 1.165) is 51.7 Å². The van der Waals surface area contributed by atoms with E-state index >= 15 is 0 Å². The molecule has 0 bridgehead atoms. The minimum absolute atomic E-state index is 0.0301. The summed E-state index contributed by atoms with van der Waals surface area (Å²) in [6.45, 7) is 6.93. The van der Waals surface area contributed by atoms with Gasteiger partial charge in [-0.3, -0.25) is 9.59 Å². The zero-order valence-electron chi connectivity index (χ0n) is 18.7. The third-order valence-corrected chi connectivity index (χ3v) is 6.47. The van der Waals surface area contributed by atoms with E-state index in [2.05, 4.69) is 6.92 Å². The van der Waals surface area contributed by atoms with Crippen LogP contribution in [0.2, 0.25) is 0 Å². The van der Waals surface area contributed by atoms with Crippen LogP contribution in [0.3, 0.4) is 0 Å². The van der Waals surface area contributed by atoms with Crippen molar-refractivity contribution in [2.75, 3.05) is 13.2 Å². The lowest BCUT2D eigenvalue weighted by Gasteiger charge is -2.42. The third kappa shape index (κ3) is 8.25. The van der Waals surface area contributed by atoms with Crippen molar-refractivity contribution in [2.24, 2.45) is 0 Å². The highest BCUT2D eigenvalue weighted by atomic mass is 16.7. The summed E-state index contributed by atoms with van der Waals surface area (Å²) in [4.78, 5) is 24.6. The Labute approximate surface area is 176 Å². The molecule has 6 nitrogen and oxygen atoms in total. The Kier molecular flexibility index (Phi) is 10.4. The fourth-order valence-corrected chi connectivity index (χ4v) is 4.71. The number of carbonyl (C=O) groups is 2. The molecule has 2 rings (SSSR count). The number of hydrogen-bond donors (Lipinski definition) is 0. The standard InChI is InChI=1S/C23H41NO5/c1-19-22(29-20(2)26)14-13-21(24(19)18-25)12-10-8-6-4-5-7-9-11-15-23(3)27-16-17-28-23/h18-19,21-22H,4-17H2,1-3H3/t19-,21+,22-/m1/s1. The van der Waals surface area contributed by atoms with Crippen LogP contribution in [0.5, 0.6) is 0 Å². The Bertz CT molecular complexity index is 492. The number of nitrogens with zero attached hydrogens (tertiary/aromatic N) is 1. The summed E-state index contributed by atoms with van der Waals surface area (Å²) in [5.74, 6) is -0.593. The summed E-state index contributed by atoms with van der Waals surface area (Å²) in [5, 5.41) is 0. The number of piperidine rings is 1. The van der Waals surface area contributed by atoms with Gasteiger partial charge in [-0.2, -0.15) is 0 Å². The van der Waals surface area contributed by atoms with Gasteiger partial charge in [-0.15, -0.1) is 0 Å². The molecule has 3 atom stereocenters. The smallest absolute Gasteiger partial charge is 0.302 e. The summed E-state index contributed by atoms with van der Waals surface area (Å²) in [7, 11) is 0. The van der Waals surface area contributed by atoms with Gasteiger partial charge in [0.15, 0.2) is 5.79 Å². The van der Waals surface area contributed by atoms with Crippen molar-refractivity contribution in [1.29, 1.82) is 0 Å². The number of rotatable bonds is 13. The first-order valence-corrected chi connectivity index (χ1v) is 11.6. The molecule has 2 saturated heterocycles. The van der Waals surface area contributed by atoms with E-state index in [1.165, 1.54) is 51.9 Å².